The number of ether oxygens (including phenoxy) is 3. The van der Waals surface area contributed by atoms with Crippen LogP contribution in [-0.2, 0) is 39.8 Å². The van der Waals surface area contributed by atoms with E-state index in [2.05, 4.69) is 26.3 Å². The van der Waals surface area contributed by atoms with Gasteiger partial charge in [0.05, 0.1) is 23.2 Å². The molecule has 4 amide bonds. The fourth-order valence-electron chi connectivity index (χ4n) is 6.79. The van der Waals surface area contributed by atoms with Crippen LogP contribution in [0, 0.1) is 17.8 Å². The van der Waals surface area contributed by atoms with Crippen molar-refractivity contribution in [1.29, 1.82) is 0 Å². The van der Waals surface area contributed by atoms with E-state index < -0.39 is 42.5 Å². The van der Waals surface area contributed by atoms with Crippen molar-refractivity contribution in [3.05, 3.63) is 48.0 Å². The smallest absolute Gasteiger partial charge is 0.252 e. The molecule has 1 aromatic carbocycles. The molecule has 0 saturated carbocycles. The molecule has 0 radical (unpaired) electrons. The maximum Gasteiger partial charge on any atom is 0.252 e. The number of likely N-dealkylation sites (N-methyl/N-ethyl adjacent to an activating group) is 2. The van der Waals surface area contributed by atoms with Gasteiger partial charge in [-0.2, -0.15) is 0 Å². The molecule has 0 aliphatic carbocycles. The van der Waals surface area contributed by atoms with Crippen LogP contribution >= 0.6 is 11.8 Å². The Morgan fingerprint density at radius 1 is 1.00 bits per heavy atom. The van der Waals surface area contributed by atoms with Crippen LogP contribution in [0.4, 0.5) is 0 Å². The van der Waals surface area contributed by atoms with Gasteiger partial charge >= 0.3 is 0 Å². The van der Waals surface area contributed by atoms with Crippen LogP contribution in [-0.4, -0.2) is 129 Å². The fraction of sp³-hybridized carbons (Fsp3) is 0.667. The van der Waals surface area contributed by atoms with Crippen molar-refractivity contribution >= 4 is 40.4 Å². The van der Waals surface area contributed by atoms with Crippen LogP contribution in [0.5, 0.6) is 0 Å². The Morgan fingerprint density at radius 2 is 1.66 bits per heavy atom. The highest BCUT2D eigenvalue weighted by atomic mass is 32.2. The summed E-state index contributed by atoms with van der Waals surface area (Å²) >= 11 is 1.64. The van der Waals surface area contributed by atoms with E-state index in [0.29, 0.717) is 13.0 Å². The van der Waals surface area contributed by atoms with Crippen LogP contribution < -0.4 is 21.3 Å². The van der Waals surface area contributed by atoms with Crippen molar-refractivity contribution in [2.75, 3.05) is 47.2 Å². The van der Waals surface area contributed by atoms with Crippen LogP contribution in [0.2, 0.25) is 0 Å². The highest BCUT2D eigenvalue weighted by molar-refractivity contribution is 8.14. The zero-order valence-electron chi connectivity index (χ0n) is 33.1. The first-order valence-electron chi connectivity index (χ1n) is 18.7. The minimum atomic E-state index is -0.972. The SMILES string of the molecule is CC[C@H](C)[C@@H](/C=C/C(=O)NC[C@H]1O[C@@H](C(=O)N[C@@H](Cc2ccccc2)C2=NCCS2)[C@@H](OC)[C@@H]1OC)N(C)C(=O)[C@@H](NC(=O)[C@@H](NC)C(C)C)C(C)C. The molecule has 0 aromatic heterocycles. The van der Waals surface area contributed by atoms with Gasteiger partial charge in [-0.25, -0.2) is 0 Å². The van der Waals surface area contributed by atoms with Crippen LogP contribution in [0.25, 0.3) is 0 Å². The number of rotatable bonds is 20. The minimum Gasteiger partial charge on any atom is -0.376 e. The fourth-order valence-corrected chi connectivity index (χ4v) is 7.71. The highest BCUT2D eigenvalue weighted by Gasteiger charge is 2.49. The van der Waals surface area contributed by atoms with Crippen molar-refractivity contribution < 1.29 is 33.4 Å². The van der Waals surface area contributed by atoms with Gasteiger partial charge in [0.1, 0.15) is 24.4 Å². The quantitative estimate of drug-likeness (QED) is 0.147. The number of carbonyl (C=O) groups is 4. The second-order valence-electron chi connectivity index (χ2n) is 14.5. The molecule has 3 rings (SSSR count). The monoisotopic (exact) mass is 758 g/mol. The molecule has 1 fully saturated rings. The Bertz CT molecular complexity index is 1410. The summed E-state index contributed by atoms with van der Waals surface area (Å²) in [6, 6.07) is 8.04. The zero-order chi connectivity index (χ0) is 39.2. The number of nitrogens with one attached hydrogen (secondary N) is 4. The molecular weight excluding hydrogens is 697 g/mol. The van der Waals surface area contributed by atoms with Crippen LogP contribution in [0.3, 0.4) is 0 Å². The number of benzene rings is 1. The van der Waals surface area contributed by atoms with Gasteiger partial charge in [-0.3, -0.25) is 24.2 Å². The summed E-state index contributed by atoms with van der Waals surface area (Å²) in [5.74, 6) is -0.410. The molecule has 13 nitrogen and oxygen atoms in total. The molecule has 1 aromatic rings. The Hall–Kier alpha value is -3.30. The predicted molar refractivity (Wildman–Crippen MR) is 210 cm³/mol. The van der Waals surface area contributed by atoms with E-state index in [-0.39, 0.29) is 54.0 Å². The summed E-state index contributed by atoms with van der Waals surface area (Å²) in [5, 5.41) is 12.9. The van der Waals surface area contributed by atoms with E-state index >= 15 is 0 Å². The molecular formula is C39H62N6O7S. The summed E-state index contributed by atoms with van der Waals surface area (Å²) in [7, 11) is 6.46. The maximum atomic E-state index is 13.8. The largest absolute Gasteiger partial charge is 0.376 e. The van der Waals surface area contributed by atoms with E-state index in [0.717, 1.165) is 22.8 Å². The zero-order valence-corrected chi connectivity index (χ0v) is 33.9. The number of amides is 4. The van der Waals surface area contributed by atoms with Gasteiger partial charge in [0.25, 0.3) is 5.91 Å². The van der Waals surface area contributed by atoms with Gasteiger partial charge in [0, 0.05) is 46.2 Å². The van der Waals surface area contributed by atoms with Crippen molar-refractivity contribution in [3.63, 3.8) is 0 Å². The Labute approximate surface area is 320 Å². The minimum absolute atomic E-state index is 0.0225. The number of thioether (sulfide) groups is 1. The van der Waals surface area contributed by atoms with Gasteiger partial charge < -0.3 is 40.4 Å². The molecule has 9 atom stereocenters. The molecule has 4 N–H and O–H groups in total. The highest BCUT2D eigenvalue weighted by Crippen LogP contribution is 2.27. The number of methoxy groups -OCH3 is 2. The lowest BCUT2D eigenvalue weighted by Gasteiger charge is -2.35. The summed E-state index contributed by atoms with van der Waals surface area (Å²) < 4.78 is 17.7. The van der Waals surface area contributed by atoms with E-state index in [9.17, 15) is 19.2 Å². The van der Waals surface area contributed by atoms with Crippen molar-refractivity contribution in [3.8, 4) is 0 Å². The number of aliphatic imine (C=N–C) groups is 1. The molecule has 2 heterocycles. The summed E-state index contributed by atoms with van der Waals surface area (Å²) in [6.07, 6.45) is 1.52. The lowest BCUT2D eigenvalue weighted by molar-refractivity contribution is -0.139. The van der Waals surface area contributed by atoms with Gasteiger partial charge in [0.15, 0.2) is 6.10 Å². The third-order valence-corrected chi connectivity index (χ3v) is 11.1. The van der Waals surface area contributed by atoms with E-state index in [4.69, 9.17) is 14.2 Å². The van der Waals surface area contributed by atoms with Crippen LogP contribution in [0.1, 0.15) is 53.5 Å². The average molecular weight is 759 g/mol. The molecule has 2 aliphatic rings. The summed E-state index contributed by atoms with van der Waals surface area (Å²) in [5.41, 5.74) is 1.08. The standard InChI is InChI=1S/C39H62N6O7S/c1-11-25(6)28(45(8)39(49)32(24(4)5)44-36(47)31(40-7)23(2)3)17-18-30(46)42-22-29-33(50-9)34(51-10)35(52-29)37(48)43-27(38-41-19-20-53-38)21-26-15-13-12-14-16-26/h12-18,23-25,27-29,31-35,40H,11,19-22H2,1-10H3,(H,42,46)(H,43,48)(H,44,47)/b18-17+/t25-,27-,28+,29+,31-,32-,33+,34-,35+/m0/s1. The first kappa shape index (κ1) is 44.1. The maximum absolute atomic E-state index is 13.8. The molecule has 0 unspecified atom stereocenters. The van der Waals surface area contributed by atoms with Crippen LogP contribution in [0.15, 0.2) is 47.5 Å². The molecule has 296 valence electrons. The average Bonchev–Trinajstić information content (AvgIpc) is 3.81. The number of hydrogen-bond acceptors (Lipinski definition) is 10. The topological polar surface area (TPSA) is 160 Å². The molecule has 0 spiro atoms. The lowest BCUT2D eigenvalue weighted by Crippen LogP contribution is -2.57. The number of hydrogen-bond donors (Lipinski definition) is 4. The third kappa shape index (κ3) is 12.1. The third-order valence-electron chi connectivity index (χ3n) is 10.1. The van der Waals surface area contributed by atoms with Gasteiger partial charge in [-0.05, 0) is 36.8 Å². The Morgan fingerprint density at radius 3 is 2.21 bits per heavy atom. The van der Waals surface area contributed by atoms with Crippen molar-refractivity contribution in [2.45, 2.75) is 103 Å². The van der Waals surface area contributed by atoms with E-state index in [1.807, 2.05) is 71.9 Å². The predicted octanol–water partition coefficient (Wildman–Crippen LogP) is 2.59. The summed E-state index contributed by atoms with van der Waals surface area (Å²) in [4.78, 5) is 60.1. The number of nitrogens with zero attached hydrogens (tertiary/aromatic N) is 2. The van der Waals surface area contributed by atoms with Crippen molar-refractivity contribution in [1.82, 2.24) is 26.2 Å². The number of carbonyl (C=O) groups excluding carboxylic acids is 4. The van der Waals surface area contributed by atoms with Crippen molar-refractivity contribution in [2.24, 2.45) is 22.7 Å². The first-order chi connectivity index (χ1) is 25.3. The second-order valence-corrected chi connectivity index (χ2v) is 15.6. The summed E-state index contributed by atoms with van der Waals surface area (Å²) in [6.45, 7) is 12.5. The van der Waals surface area contributed by atoms with Gasteiger partial charge in [0.2, 0.25) is 17.7 Å². The molecule has 2 aliphatic heterocycles. The Kier molecular flexibility index (Phi) is 17.9. The molecule has 53 heavy (non-hydrogen) atoms. The normalized spacial score (nSPS) is 23.0. The van der Waals surface area contributed by atoms with E-state index in [1.54, 1.807) is 36.8 Å². The molecule has 14 heteroatoms. The van der Waals surface area contributed by atoms with Gasteiger partial charge in [-0.15, -0.1) is 11.8 Å². The Balaban J connectivity index is 1.68. The van der Waals surface area contributed by atoms with Gasteiger partial charge in [-0.1, -0.05) is 84.4 Å². The lowest BCUT2D eigenvalue weighted by atomic mass is 9.94. The second kappa shape index (κ2) is 21.6. The molecule has 1 saturated heterocycles. The molecule has 0 bridgehead atoms. The first-order valence-corrected chi connectivity index (χ1v) is 19.7. The van der Waals surface area contributed by atoms with E-state index in [1.165, 1.54) is 20.3 Å².